The molecule has 1 N–H and O–H groups in total. The van der Waals surface area contributed by atoms with Gasteiger partial charge in [-0.25, -0.2) is 5.01 Å². The molecule has 16 heavy (non-hydrogen) atoms. The second-order valence-corrected chi connectivity index (χ2v) is 4.75. The molecule has 1 fully saturated rings. The molecule has 1 aromatic rings. The van der Waals surface area contributed by atoms with E-state index >= 15 is 0 Å². The summed E-state index contributed by atoms with van der Waals surface area (Å²) in [6.07, 6.45) is 0. The van der Waals surface area contributed by atoms with E-state index in [2.05, 4.69) is 60.5 Å². The topological polar surface area (TPSA) is 18.5 Å². The minimum Gasteiger partial charge on any atom is -0.319 e. The Labute approximate surface area is 98.0 Å². The van der Waals surface area contributed by atoms with Crippen molar-refractivity contribution in [1.82, 2.24) is 9.91 Å². The maximum Gasteiger partial charge on any atom is 0.0490 e. The van der Waals surface area contributed by atoms with E-state index in [-0.39, 0.29) is 0 Å². The third-order valence-electron chi connectivity index (χ3n) is 3.42. The summed E-state index contributed by atoms with van der Waals surface area (Å²) in [7, 11) is 2.20. The van der Waals surface area contributed by atoms with E-state index in [1.165, 1.54) is 5.69 Å². The molecule has 0 aliphatic carbocycles. The highest BCUT2D eigenvalue weighted by Gasteiger charge is 2.26. The van der Waals surface area contributed by atoms with Crippen LogP contribution in [0.3, 0.4) is 0 Å². The van der Waals surface area contributed by atoms with Crippen LogP contribution in [0.25, 0.3) is 0 Å². The van der Waals surface area contributed by atoms with Crippen LogP contribution in [-0.2, 0) is 0 Å². The quantitative estimate of drug-likeness (QED) is 0.821. The van der Waals surface area contributed by atoms with Crippen LogP contribution in [0.2, 0.25) is 0 Å². The van der Waals surface area contributed by atoms with Crippen LogP contribution in [0.5, 0.6) is 0 Å². The van der Waals surface area contributed by atoms with Gasteiger partial charge in [0, 0.05) is 30.9 Å². The Morgan fingerprint density at radius 3 is 2.19 bits per heavy atom. The zero-order chi connectivity index (χ0) is 11.5. The van der Waals surface area contributed by atoms with Gasteiger partial charge in [-0.05, 0) is 33.0 Å². The number of hydrogen-bond donors (Lipinski definition) is 1. The molecule has 1 aromatic carbocycles. The molecule has 0 bridgehead atoms. The standard InChI is InChI=1S/C13H21N3/c1-11-9-16(10-12(2)15(11)3)14-13-7-5-4-6-8-13/h4-8,11-12,14H,9-10H2,1-3H3/t11-,12+. The molecule has 3 heteroatoms. The highest BCUT2D eigenvalue weighted by atomic mass is 15.5. The molecule has 0 amide bonds. The van der Waals surface area contributed by atoms with Crippen molar-refractivity contribution in [2.75, 3.05) is 25.6 Å². The average molecular weight is 219 g/mol. The van der Waals surface area contributed by atoms with Crippen molar-refractivity contribution in [2.24, 2.45) is 0 Å². The lowest BCUT2D eigenvalue weighted by molar-refractivity contribution is 0.0752. The van der Waals surface area contributed by atoms with Gasteiger partial charge in [-0.2, -0.15) is 0 Å². The molecule has 88 valence electrons. The van der Waals surface area contributed by atoms with Gasteiger partial charge in [-0.1, -0.05) is 18.2 Å². The SMILES string of the molecule is C[C@@H]1CN(Nc2ccccc2)C[C@H](C)N1C. The van der Waals surface area contributed by atoms with Gasteiger partial charge in [-0.3, -0.25) is 4.90 Å². The summed E-state index contributed by atoms with van der Waals surface area (Å²) in [6, 6.07) is 11.6. The molecule has 2 atom stereocenters. The van der Waals surface area contributed by atoms with Crippen molar-refractivity contribution in [2.45, 2.75) is 25.9 Å². The molecule has 0 radical (unpaired) electrons. The number of benzene rings is 1. The molecule has 0 aromatic heterocycles. The van der Waals surface area contributed by atoms with Gasteiger partial charge in [0.05, 0.1) is 0 Å². The van der Waals surface area contributed by atoms with Crippen LogP contribution in [0.15, 0.2) is 30.3 Å². The maximum absolute atomic E-state index is 3.47. The number of para-hydroxylation sites is 1. The monoisotopic (exact) mass is 219 g/mol. The summed E-state index contributed by atoms with van der Waals surface area (Å²) in [4.78, 5) is 2.43. The molecule has 1 aliphatic heterocycles. The van der Waals surface area contributed by atoms with Crippen LogP contribution in [-0.4, -0.2) is 42.1 Å². The Morgan fingerprint density at radius 2 is 1.62 bits per heavy atom. The summed E-state index contributed by atoms with van der Waals surface area (Å²) < 4.78 is 0. The van der Waals surface area contributed by atoms with Crippen LogP contribution in [0, 0.1) is 0 Å². The summed E-state index contributed by atoms with van der Waals surface area (Å²) in [5.74, 6) is 0. The van der Waals surface area contributed by atoms with Gasteiger partial charge in [0.2, 0.25) is 0 Å². The molecule has 1 saturated heterocycles. The van der Waals surface area contributed by atoms with E-state index in [0.717, 1.165) is 13.1 Å². The fourth-order valence-corrected chi connectivity index (χ4v) is 2.19. The lowest BCUT2D eigenvalue weighted by Gasteiger charge is -2.42. The third kappa shape index (κ3) is 2.54. The molecule has 0 unspecified atom stereocenters. The normalized spacial score (nSPS) is 27.9. The smallest absolute Gasteiger partial charge is 0.0490 e. The predicted molar refractivity (Wildman–Crippen MR) is 68.3 cm³/mol. The zero-order valence-corrected chi connectivity index (χ0v) is 10.4. The largest absolute Gasteiger partial charge is 0.319 e. The van der Waals surface area contributed by atoms with Crippen molar-refractivity contribution in [3.8, 4) is 0 Å². The lowest BCUT2D eigenvalue weighted by Crippen LogP contribution is -2.56. The Morgan fingerprint density at radius 1 is 1.06 bits per heavy atom. The zero-order valence-electron chi connectivity index (χ0n) is 10.4. The highest BCUT2D eigenvalue weighted by Crippen LogP contribution is 2.15. The van der Waals surface area contributed by atoms with E-state index in [9.17, 15) is 0 Å². The third-order valence-corrected chi connectivity index (χ3v) is 3.42. The number of nitrogens with zero attached hydrogens (tertiary/aromatic N) is 2. The van der Waals surface area contributed by atoms with Crippen LogP contribution >= 0.6 is 0 Å². The van der Waals surface area contributed by atoms with Gasteiger partial charge >= 0.3 is 0 Å². The maximum atomic E-state index is 3.47. The predicted octanol–water partition coefficient (Wildman–Crippen LogP) is 2.04. The van der Waals surface area contributed by atoms with E-state index in [1.807, 2.05) is 6.07 Å². The first-order valence-electron chi connectivity index (χ1n) is 5.95. The van der Waals surface area contributed by atoms with Crippen LogP contribution in [0.1, 0.15) is 13.8 Å². The molecular formula is C13H21N3. The van der Waals surface area contributed by atoms with Crippen molar-refractivity contribution in [1.29, 1.82) is 0 Å². The van der Waals surface area contributed by atoms with Crippen molar-refractivity contribution in [3.05, 3.63) is 30.3 Å². The summed E-state index contributed by atoms with van der Waals surface area (Å²) in [6.45, 7) is 6.68. The highest BCUT2D eigenvalue weighted by molar-refractivity contribution is 5.41. The Balaban J connectivity index is 1.97. The van der Waals surface area contributed by atoms with E-state index < -0.39 is 0 Å². The molecular weight excluding hydrogens is 198 g/mol. The number of hydrogen-bond acceptors (Lipinski definition) is 3. The van der Waals surface area contributed by atoms with E-state index in [0.29, 0.717) is 12.1 Å². The first kappa shape index (κ1) is 11.4. The van der Waals surface area contributed by atoms with Gasteiger partial charge in [0.15, 0.2) is 0 Å². The number of likely N-dealkylation sites (N-methyl/N-ethyl adjacent to an activating group) is 1. The number of anilines is 1. The van der Waals surface area contributed by atoms with Crippen LogP contribution in [0.4, 0.5) is 5.69 Å². The van der Waals surface area contributed by atoms with Crippen molar-refractivity contribution in [3.63, 3.8) is 0 Å². The average Bonchev–Trinajstić information content (AvgIpc) is 2.27. The second kappa shape index (κ2) is 4.85. The molecule has 0 spiro atoms. The van der Waals surface area contributed by atoms with Gasteiger partial charge in [0.1, 0.15) is 0 Å². The van der Waals surface area contributed by atoms with Gasteiger partial charge in [-0.15, -0.1) is 0 Å². The second-order valence-electron chi connectivity index (χ2n) is 4.75. The molecule has 0 saturated carbocycles. The summed E-state index contributed by atoms with van der Waals surface area (Å²) in [5, 5.41) is 2.31. The summed E-state index contributed by atoms with van der Waals surface area (Å²) in [5.41, 5.74) is 4.64. The first-order chi connectivity index (χ1) is 7.66. The number of rotatable bonds is 2. The van der Waals surface area contributed by atoms with Gasteiger partial charge in [0.25, 0.3) is 0 Å². The Hall–Kier alpha value is -1.06. The number of nitrogens with one attached hydrogen (secondary N) is 1. The van der Waals surface area contributed by atoms with Crippen LogP contribution < -0.4 is 5.43 Å². The molecule has 1 heterocycles. The fourth-order valence-electron chi connectivity index (χ4n) is 2.19. The molecule has 3 nitrogen and oxygen atoms in total. The summed E-state index contributed by atoms with van der Waals surface area (Å²) >= 11 is 0. The minimum absolute atomic E-state index is 0.597. The molecule has 2 rings (SSSR count). The molecule has 1 aliphatic rings. The van der Waals surface area contributed by atoms with Crippen molar-refractivity contribution >= 4 is 5.69 Å². The van der Waals surface area contributed by atoms with Gasteiger partial charge < -0.3 is 5.43 Å². The minimum atomic E-state index is 0.597. The number of hydrazine groups is 1. The lowest BCUT2D eigenvalue weighted by atomic mass is 10.1. The van der Waals surface area contributed by atoms with Crippen molar-refractivity contribution < 1.29 is 0 Å². The Bertz CT molecular complexity index is 313. The van der Waals surface area contributed by atoms with E-state index in [4.69, 9.17) is 0 Å². The Kier molecular flexibility index (Phi) is 3.46. The first-order valence-corrected chi connectivity index (χ1v) is 5.95. The van der Waals surface area contributed by atoms with E-state index in [1.54, 1.807) is 0 Å². The number of piperazine rings is 1. The fraction of sp³-hybridized carbons (Fsp3) is 0.538.